The topological polar surface area (TPSA) is 109 Å². The quantitative estimate of drug-likeness (QED) is 0.233. The maximum atomic E-state index is 12.5. The van der Waals surface area contributed by atoms with Crippen LogP contribution in [0.15, 0.2) is 89.5 Å². The minimum atomic E-state index is -0.305. The van der Waals surface area contributed by atoms with Crippen molar-refractivity contribution in [1.82, 2.24) is 20.0 Å². The van der Waals surface area contributed by atoms with Crippen LogP contribution in [0.25, 0.3) is 22.5 Å². The summed E-state index contributed by atoms with van der Waals surface area (Å²) in [5.74, 6) is 1.61. The number of likely N-dealkylation sites (tertiary alicyclic amines) is 1. The minimum absolute atomic E-state index is 0.262. The number of urea groups is 1. The first kappa shape index (κ1) is 28.0. The summed E-state index contributed by atoms with van der Waals surface area (Å²) in [5.41, 5.74) is 5.91. The average molecular weight is 590 g/mol. The molecule has 3 aromatic carbocycles. The molecule has 2 fully saturated rings. The van der Waals surface area contributed by atoms with E-state index >= 15 is 0 Å². The normalized spacial score (nSPS) is 16.2. The van der Waals surface area contributed by atoms with E-state index in [1.807, 2.05) is 54.6 Å². The molecule has 2 aliphatic rings. The van der Waals surface area contributed by atoms with Gasteiger partial charge in [0.15, 0.2) is 11.6 Å². The van der Waals surface area contributed by atoms with Gasteiger partial charge in [0.25, 0.3) is 0 Å². The molecule has 44 heavy (non-hydrogen) atoms. The summed E-state index contributed by atoms with van der Waals surface area (Å²) in [5, 5.41) is 10.3. The summed E-state index contributed by atoms with van der Waals surface area (Å²) in [6, 6.07) is 27.2. The average Bonchev–Trinajstić information content (AvgIpc) is 3.50. The first-order valence-corrected chi connectivity index (χ1v) is 15.2. The Morgan fingerprint density at radius 1 is 0.795 bits per heavy atom. The van der Waals surface area contributed by atoms with E-state index in [-0.39, 0.29) is 11.9 Å². The highest BCUT2D eigenvalue weighted by Gasteiger charge is 2.29. The summed E-state index contributed by atoms with van der Waals surface area (Å²) >= 11 is 0. The summed E-state index contributed by atoms with van der Waals surface area (Å²) in [4.78, 5) is 27.2. The number of carbonyl (C=O) groups is 1. The van der Waals surface area contributed by atoms with Crippen LogP contribution in [0.3, 0.4) is 0 Å². The molecule has 2 aliphatic heterocycles. The summed E-state index contributed by atoms with van der Waals surface area (Å²) < 4.78 is 11.6. The van der Waals surface area contributed by atoms with Gasteiger partial charge < -0.3 is 24.8 Å². The number of hydrogen-bond donors (Lipinski definition) is 2. The van der Waals surface area contributed by atoms with E-state index in [1.165, 1.54) is 5.56 Å². The molecule has 0 saturated carbocycles. The molecule has 0 unspecified atom stereocenters. The highest BCUT2D eigenvalue weighted by atomic mass is 16.5. The molecule has 0 bridgehead atoms. The molecule has 224 valence electrons. The molecule has 2 amide bonds. The Balaban J connectivity index is 1.13. The standard InChI is InChI=1S/C34H35N7O3/c42-34(35-27-9-5-2-6-10-27)36-28-13-11-26(12-14-28)32-37-30-29(39-44-31(30)33(38-32)41-19-21-43-22-20-41)25-15-17-40(18-16-25)23-24-7-3-1-4-8-24/h1-14,25H,15-23H2,(H2,35,36,42). The van der Waals surface area contributed by atoms with Crippen molar-refractivity contribution in [3.05, 3.63) is 96.2 Å². The zero-order valence-corrected chi connectivity index (χ0v) is 24.5. The SMILES string of the molecule is O=C(Nc1ccccc1)Nc1ccc(-c2nc(N3CCOCC3)c3onc(C4CCN(Cc5ccccc5)CC4)c3n2)cc1. The molecule has 0 aliphatic carbocycles. The van der Waals surface area contributed by atoms with Gasteiger partial charge in [-0.1, -0.05) is 53.7 Å². The minimum Gasteiger partial charge on any atom is -0.378 e. The largest absolute Gasteiger partial charge is 0.378 e. The predicted octanol–water partition coefficient (Wildman–Crippen LogP) is 6.15. The van der Waals surface area contributed by atoms with E-state index < -0.39 is 0 Å². The van der Waals surface area contributed by atoms with Gasteiger partial charge in [-0.25, -0.2) is 14.8 Å². The van der Waals surface area contributed by atoms with Crippen LogP contribution in [0, 0.1) is 0 Å². The van der Waals surface area contributed by atoms with Crippen LogP contribution in [0.4, 0.5) is 22.0 Å². The van der Waals surface area contributed by atoms with Gasteiger partial charge in [-0.2, -0.15) is 0 Å². The van der Waals surface area contributed by atoms with Crippen LogP contribution in [0.5, 0.6) is 0 Å². The molecule has 10 heteroatoms. The Labute approximate surface area is 256 Å². The first-order valence-electron chi connectivity index (χ1n) is 15.2. The molecule has 2 N–H and O–H groups in total. The van der Waals surface area contributed by atoms with Crippen molar-refractivity contribution >= 4 is 34.3 Å². The highest BCUT2D eigenvalue weighted by molar-refractivity contribution is 5.99. The van der Waals surface area contributed by atoms with Crippen molar-refractivity contribution in [2.75, 3.05) is 54.9 Å². The van der Waals surface area contributed by atoms with E-state index in [0.29, 0.717) is 30.3 Å². The lowest BCUT2D eigenvalue weighted by Crippen LogP contribution is -2.37. The molecule has 4 heterocycles. The maximum absolute atomic E-state index is 12.5. The second-order valence-corrected chi connectivity index (χ2v) is 11.3. The first-order chi connectivity index (χ1) is 21.7. The summed E-state index contributed by atoms with van der Waals surface area (Å²) in [6.45, 7) is 5.65. The summed E-state index contributed by atoms with van der Waals surface area (Å²) in [7, 11) is 0. The van der Waals surface area contributed by atoms with Crippen molar-refractivity contribution in [2.45, 2.75) is 25.3 Å². The lowest BCUT2D eigenvalue weighted by atomic mass is 9.92. The smallest absolute Gasteiger partial charge is 0.323 e. The van der Waals surface area contributed by atoms with Crippen LogP contribution in [0.2, 0.25) is 0 Å². The molecule has 0 radical (unpaired) electrons. The van der Waals surface area contributed by atoms with Gasteiger partial charge in [0.2, 0.25) is 5.58 Å². The fraction of sp³-hybridized carbons (Fsp3) is 0.294. The second-order valence-electron chi connectivity index (χ2n) is 11.3. The summed E-state index contributed by atoms with van der Waals surface area (Å²) in [6.07, 6.45) is 1.98. The third-order valence-corrected chi connectivity index (χ3v) is 8.29. The van der Waals surface area contributed by atoms with Crippen molar-refractivity contribution in [3.8, 4) is 11.4 Å². The van der Waals surface area contributed by atoms with Crippen LogP contribution in [-0.4, -0.2) is 65.4 Å². The van der Waals surface area contributed by atoms with Crippen molar-refractivity contribution in [2.24, 2.45) is 0 Å². The number of nitrogens with one attached hydrogen (secondary N) is 2. The van der Waals surface area contributed by atoms with Crippen molar-refractivity contribution < 1.29 is 14.1 Å². The van der Waals surface area contributed by atoms with Gasteiger partial charge in [0.05, 0.1) is 13.2 Å². The molecule has 0 spiro atoms. The fourth-order valence-corrected chi connectivity index (χ4v) is 5.94. The predicted molar refractivity (Wildman–Crippen MR) is 171 cm³/mol. The Hall–Kier alpha value is -4.80. The molecule has 2 aromatic heterocycles. The molecule has 7 rings (SSSR count). The van der Waals surface area contributed by atoms with E-state index in [1.54, 1.807) is 0 Å². The Bertz CT molecular complexity index is 1700. The van der Waals surface area contributed by atoms with Crippen molar-refractivity contribution in [3.63, 3.8) is 0 Å². The number of nitrogens with zero attached hydrogens (tertiary/aromatic N) is 5. The second kappa shape index (κ2) is 12.8. The third-order valence-electron chi connectivity index (χ3n) is 8.29. The Morgan fingerprint density at radius 3 is 2.16 bits per heavy atom. The lowest BCUT2D eigenvalue weighted by Gasteiger charge is -2.31. The van der Waals surface area contributed by atoms with Crippen LogP contribution < -0.4 is 15.5 Å². The van der Waals surface area contributed by atoms with E-state index in [9.17, 15) is 4.79 Å². The van der Waals surface area contributed by atoms with Crippen LogP contribution >= 0.6 is 0 Å². The number of fused-ring (bicyclic) bond motifs is 1. The molecular weight excluding hydrogens is 554 g/mol. The zero-order valence-electron chi connectivity index (χ0n) is 24.5. The molecule has 2 saturated heterocycles. The van der Waals surface area contributed by atoms with Gasteiger partial charge in [-0.3, -0.25) is 4.90 Å². The monoisotopic (exact) mass is 589 g/mol. The molecule has 0 atom stereocenters. The van der Waals surface area contributed by atoms with Crippen LogP contribution in [0.1, 0.15) is 30.0 Å². The third kappa shape index (κ3) is 6.27. The number of benzene rings is 3. The maximum Gasteiger partial charge on any atom is 0.323 e. The number of anilines is 3. The Morgan fingerprint density at radius 2 is 1.45 bits per heavy atom. The number of rotatable bonds is 7. The van der Waals surface area contributed by atoms with Gasteiger partial charge >= 0.3 is 6.03 Å². The number of hydrogen-bond acceptors (Lipinski definition) is 8. The number of ether oxygens (including phenoxy) is 1. The van der Waals surface area contributed by atoms with Crippen molar-refractivity contribution in [1.29, 1.82) is 0 Å². The molecular formula is C34H35N7O3. The number of aromatic nitrogens is 3. The Kier molecular flexibility index (Phi) is 8.16. The number of piperidine rings is 1. The fourth-order valence-electron chi connectivity index (χ4n) is 5.94. The van der Waals surface area contributed by atoms with Gasteiger partial charge in [-0.05, 0) is 67.9 Å². The number of para-hydroxylation sites is 1. The lowest BCUT2D eigenvalue weighted by molar-refractivity contribution is 0.122. The molecule has 10 nitrogen and oxygen atoms in total. The van der Waals surface area contributed by atoms with Gasteiger partial charge in [0.1, 0.15) is 11.2 Å². The number of carbonyl (C=O) groups excluding carboxylic acids is 1. The highest BCUT2D eigenvalue weighted by Crippen LogP contribution is 2.36. The number of amides is 2. The van der Waals surface area contributed by atoms with Gasteiger partial charge in [0, 0.05) is 42.5 Å². The van der Waals surface area contributed by atoms with Crippen LogP contribution in [-0.2, 0) is 11.3 Å². The van der Waals surface area contributed by atoms with E-state index in [4.69, 9.17) is 19.2 Å². The van der Waals surface area contributed by atoms with Gasteiger partial charge in [-0.15, -0.1) is 0 Å². The zero-order chi connectivity index (χ0) is 29.7. The number of morpholine rings is 1. The van der Waals surface area contributed by atoms with E-state index in [2.05, 4.69) is 55.9 Å². The van der Waals surface area contributed by atoms with E-state index in [0.717, 1.165) is 73.8 Å². The molecule has 5 aromatic rings.